The lowest BCUT2D eigenvalue weighted by Gasteiger charge is -2.26. The molecule has 1 rings (SSSR count). The molecule has 0 bridgehead atoms. The Morgan fingerprint density at radius 3 is 2.50 bits per heavy atom. The van der Waals surface area contributed by atoms with Gasteiger partial charge in [0.1, 0.15) is 0 Å². The third-order valence-corrected chi connectivity index (χ3v) is 2.97. The van der Waals surface area contributed by atoms with Gasteiger partial charge in [-0.25, -0.2) is 4.98 Å². The lowest BCUT2D eigenvalue weighted by molar-refractivity contribution is 0.103. The number of rotatable bonds is 5. The lowest BCUT2D eigenvalue weighted by Crippen LogP contribution is -2.35. The first kappa shape index (κ1) is 15.6. The molecule has 0 aliphatic heterocycles. The van der Waals surface area contributed by atoms with Crippen molar-refractivity contribution < 1.29 is 5.11 Å². The van der Waals surface area contributed by atoms with Gasteiger partial charge in [0.15, 0.2) is 5.13 Å². The van der Waals surface area contributed by atoms with Crippen molar-refractivity contribution in [3.05, 3.63) is 11.1 Å². The summed E-state index contributed by atoms with van der Waals surface area (Å²) < 4.78 is 0. The van der Waals surface area contributed by atoms with Gasteiger partial charge in [-0.05, 0) is 20.8 Å². The maximum Gasteiger partial charge on any atom is 0.180 e. The third kappa shape index (κ3) is 5.12. The van der Waals surface area contributed by atoms with E-state index < -0.39 is 0 Å². The second-order valence-electron chi connectivity index (χ2n) is 4.04. The van der Waals surface area contributed by atoms with Crippen molar-refractivity contribution in [3.8, 4) is 0 Å². The standard InChI is InChI=1S/C10H19N3OS.ClH/c1-7(2)13(5-8(3)14)6-9-4-12-10(11)15-9;/h4,7-8,14H,5-6H2,1-3H3,(H2,11,12);1H. The van der Waals surface area contributed by atoms with E-state index in [4.69, 9.17) is 5.73 Å². The van der Waals surface area contributed by atoms with Crippen LogP contribution in [0.4, 0.5) is 5.13 Å². The Labute approximate surface area is 107 Å². The second-order valence-corrected chi connectivity index (χ2v) is 5.18. The van der Waals surface area contributed by atoms with Crippen molar-refractivity contribution in [2.75, 3.05) is 12.3 Å². The molecule has 0 aliphatic carbocycles. The SMILES string of the molecule is CC(O)CN(Cc1cnc(N)s1)C(C)C.Cl. The number of aliphatic hydroxyl groups is 1. The highest BCUT2D eigenvalue weighted by molar-refractivity contribution is 7.15. The maximum absolute atomic E-state index is 9.38. The number of nitrogens with zero attached hydrogens (tertiary/aromatic N) is 2. The molecule has 1 atom stereocenters. The zero-order valence-corrected chi connectivity index (χ0v) is 11.5. The molecular formula is C10H20ClN3OS. The Morgan fingerprint density at radius 2 is 2.12 bits per heavy atom. The van der Waals surface area contributed by atoms with E-state index in [1.807, 2.05) is 0 Å². The molecule has 94 valence electrons. The van der Waals surface area contributed by atoms with Gasteiger partial charge in [0, 0.05) is 30.2 Å². The van der Waals surface area contributed by atoms with Crippen molar-refractivity contribution in [1.82, 2.24) is 9.88 Å². The summed E-state index contributed by atoms with van der Waals surface area (Å²) >= 11 is 1.50. The molecule has 0 radical (unpaired) electrons. The van der Waals surface area contributed by atoms with Crippen LogP contribution in [0.5, 0.6) is 0 Å². The van der Waals surface area contributed by atoms with E-state index >= 15 is 0 Å². The van der Waals surface area contributed by atoms with Gasteiger partial charge in [-0.2, -0.15) is 0 Å². The normalized spacial score (nSPS) is 12.9. The molecule has 0 saturated heterocycles. The molecule has 1 aromatic rings. The fraction of sp³-hybridized carbons (Fsp3) is 0.700. The first-order valence-electron chi connectivity index (χ1n) is 5.11. The predicted octanol–water partition coefficient (Wildman–Crippen LogP) is 1.74. The molecule has 4 nitrogen and oxygen atoms in total. The van der Waals surface area contributed by atoms with Gasteiger partial charge >= 0.3 is 0 Å². The highest BCUT2D eigenvalue weighted by Gasteiger charge is 2.13. The van der Waals surface area contributed by atoms with Crippen molar-refractivity contribution in [1.29, 1.82) is 0 Å². The Hall–Kier alpha value is -0.360. The number of nitrogens with two attached hydrogens (primary N) is 1. The number of hydrogen-bond acceptors (Lipinski definition) is 5. The fourth-order valence-electron chi connectivity index (χ4n) is 1.39. The van der Waals surface area contributed by atoms with Gasteiger partial charge in [0.2, 0.25) is 0 Å². The van der Waals surface area contributed by atoms with Crippen LogP contribution >= 0.6 is 23.7 Å². The minimum absolute atomic E-state index is 0. The summed E-state index contributed by atoms with van der Waals surface area (Å²) in [5.41, 5.74) is 5.57. The molecule has 0 fully saturated rings. The van der Waals surface area contributed by atoms with Crippen LogP contribution in [0, 0.1) is 0 Å². The van der Waals surface area contributed by atoms with E-state index in [1.165, 1.54) is 11.3 Å². The molecule has 1 heterocycles. The van der Waals surface area contributed by atoms with Crippen LogP contribution in [0.2, 0.25) is 0 Å². The molecule has 1 aromatic heterocycles. The molecule has 0 aromatic carbocycles. The van der Waals surface area contributed by atoms with Crippen LogP contribution in [0.25, 0.3) is 0 Å². The van der Waals surface area contributed by atoms with Gasteiger partial charge in [0.25, 0.3) is 0 Å². The number of aliphatic hydroxyl groups excluding tert-OH is 1. The fourth-order valence-corrected chi connectivity index (χ4v) is 2.10. The summed E-state index contributed by atoms with van der Waals surface area (Å²) in [6.45, 7) is 7.52. The van der Waals surface area contributed by atoms with Crippen LogP contribution in [0.3, 0.4) is 0 Å². The molecule has 0 aliphatic rings. The van der Waals surface area contributed by atoms with Crippen LogP contribution < -0.4 is 5.73 Å². The monoisotopic (exact) mass is 265 g/mol. The summed E-state index contributed by atoms with van der Waals surface area (Å²) in [6, 6.07) is 0.405. The van der Waals surface area contributed by atoms with Gasteiger partial charge in [0.05, 0.1) is 6.10 Å². The number of halogens is 1. The first-order valence-corrected chi connectivity index (χ1v) is 5.93. The van der Waals surface area contributed by atoms with Gasteiger partial charge < -0.3 is 10.8 Å². The van der Waals surface area contributed by atoms with E-state index in [0.29, 0.717) is 17.7 Å². The van der Waals surface area contributed by atoms with Crippen LogP contribution in [0.1, 0.15) is 25.6 Å². The maximum atomic E-state index is 9.38. The summed E-state index contributed by atoms with van der Waals surface area (Å²) in [6.07, 6.45) is 1.50. The smallest absolute Gasteiger partial charge is 0.180 e. The largest absolute Gasteiger partial charge is 0.392 e. The van der Waals surface area contributed by atoms with Crippen LogP contribution in [-0.2, 0) is 6.54 Å². The Morgan fingerprint density at radius 1 is 1.50 bits per heavy atom. The molecule has 1 unspecified atom stereocenters. The van der Waals surface area contributed by atoms with Crippen molar-refractivity contribution in [2.24, 2.45) is 0 Å². The van der Waals surface area contributed by atoms with Crippen LogP contribution in [-0.4, -0.2) is 33.7 Å². The van der Waals surface area contributed by atoms with E-state index in [9.17, 15) is 5.11 Å². The number of hydrogen-bond donors (Lipinski definition) is 2. The third-order valence-electron chi connectivity index (χ3n) is 2.16. The summed E-state index contributed by atoms with van der Waals surface area (Å²) in [5.74, 6) is 0. The molecule has 0 saturated carbocycles. The van der Waals surface area contributed by atoms with E-state index in [2.05, 4.69) is 23.7 Å². The lowest BCUT2D eigenvalue weighted by atomic mass is 10.2. The van der Waals surface area contributed by atoms with E-state index in [-0.39, 0.29) is 18.5 Å². The minimum Gasteiger partial charge on any atom is -0.392 e. The van der Waals surface area contributed by atoms with Crippen LogP contribution in [0.15, 0.2) is 6.20 Å². The zero-order valence-electron chi connectivity index (χ0n) is 9.88. The number of anilines is 1. The molecule has 3 N–H and O–H groups in total. The average molecular weight is 266 g/mol. The number of aromatic nitrogens is 1. The second kappa shape index (κ2) is 7.06. The Balaban J connectivity index is 0.00000225. The summed E-state index contributed by atoms with van der Waals surface area (Å²) in [7, 11) is 0. The molecular weight excluding hydrogens is 246 g/mol. The summed E-state index contributed by atoms with van der Waals surface area (Å²) in [4.78, 5) is 7.36. The number of nitrogen functional groups attached to an aromatic ring is 1. The van der Waals surface area contributed by atoms with Gasteiger partial charge in [-0.15, -0.1) is 23.7 Å². The Bertz CT molecular complexity index is 304. The Kier molecular flexibility index (Phi) is 6.90. The van der Waals surface area contributed by atoms with E-state index in [1.54, 1.807) is 13.1 Å². The van der Waals surface area contributed by atoms with Gasteiger partial charge in [-0.3, -0.25) is 4.90 Å². The predicted molar refractivity (Wildman–Crippen MR) is 71.0 cm³/mol. The first-order chi connectivity index (χ1) is 6.99. The topological polar surface area (TPSA) is 62.4 Å². The molecule has 0 spiro atoms. The van der Waals surface area contributed by atoms with Crippen molar-refractivity contribution in [2.45, 2.75) is 39.5 Å². The van der Waals surface area contributed by atoms with Crippen molar-refractivity contribution >= 4 is 28.9 Å². The highest BCUT2D eigenvalue weighted by atomic mass is 35.5. The highest BCUT2D eigenvalue weighted by Crippen LogP contribution is 2.17. The van der Waals surface area contributed by atoms with Gasteiger partial charge in [-0.1, -0.05) is 0 Å². The summed E-state index contributed by atoms with van der Waals surface area (Å²) in [5, 5.41) is 9.98. The molecule has 6 heteroatoms. The van der Waals surface area contributed by atoms with Crippen molar-refractivity contribution in [3.63, 3.8) is 0 Å². The number of thiazole rings is 1. The minimum atomic E-state index is -0.308. The zero-order chi connectivity index (χ0) is 11.4. The molecule has 0 amide bonds. The van der Waals surface area contributed by atoms with E-state index in [0.717, 1.165) is 11.4 Å². The quantitative estimate of drug-likeness (QED) is 0.851. The average Bonchev–Trinajstić information content (AvgIpc) is 2.49. The molecule has 16 heavy (non-hydrogen) atoms.